The minimum Gasteiger partial charge on any atom is -0.478 e. The summed E-state index contributed by atoms with van der Waals surface area (Å²) in [5.74, 6) is -0.502. The molecule has 1 aliphatic carbocycles. The van der Waals surface area contributed by atoms with Crippen LogP contribution >= 0.6 is 0 Å². The van der Waals surface area contributed by atoms with Crippen molar-refractivity contribution >= 4 is 11.7 Å². The number of nitrogens with one attached hydrogen (secondary N) is 1. The van der Waals surface area contributed by atoms with Crippen LogP contribution in [0, 0.1) is 12.8 Å². The van der Waals surface area contributed by atoms with Crippen LogP contribution in [0.25, 0.3) is 0 Å². The van der Waals surface area contributed by atoms with E-state index >= 15 is 0 Å². The monoisotopic (exact) mass is 278 g/mol. The Bertz CT molecular complexity index is 504. The molecule has 5 nitrogen and oxygen atoms in total. The zero-order chi connectivity index (χ0) is 14.8. The predicted octanol–water partition coefficient (Wildman–Crippen LogP) is 2.44. The molecule has 110 valence electrons. The van der Waals surface area contributed by atoms with E-state index in [0.29, 0.717) is 18.2 Å². The number of nitrogens with zero attached hydrogens (tertiary/aromatic N) is 1. The number of rotatable bonds is 4. The van der Waals surface area contributed by atoms with Gasteiger partial charge in [-0.05, 0) is 31.7 Å². The molecule has 0 amide bonds. The fraction of sp³-hybridized carbons (Fsp3) is 0.600. The first-order chi connectivity index (χ1) is 9.39. The highest BCUT2D eigenvalue weighted by Gasteiger charge is 2.32. The highest BCUT2D eigenvalue weighted by Crippen LogP contribution is 2.32. The fourth-order valence-electron chi connectivity index (χ4n) is 2.93. The molecule has 2 rings (SSSR count). The van der Waals surface area contributed by atoms with Crippen LogP contribution in [-0.4, -0.2) is 33.3 Å². The number of carboxylic acids is 1. The van der Waals surface area contributed by atoms with Crippen LogP contribution in [0.4, 0.5) is 5.69 Å². The Hall–Kier alpha value is -1.62. The average Bonchev–Trinajstić information content (AvgIpc) is 2.36. The first-order valence-corrected chi connectivity index (χ1v) is 7.06. The molecule has 1 aliphatic rings. The van der Waals surface area contributed by atoms with Crippen molar-refractivity contribution in [3.63, 3.8) is 0 Å². The average molecular weight is 278 g/mol. The van der Waals surface area contributed by atoms with Gasteiger partial charge in [0.1, 0.15) is 5.56 Å². The van der Waals surface area contributed by atoms with Crippen molar-refractivity contribution in [2.75, 3.05) is 11.9 Å². The van der Waals surface area contributed by atoms with Gasteiger partial charge in [-0.3, -0.25) is 4.98 Å². The number of aryl methyl sites for hydroxylation is 1. The lowest BCUT2D eigenvalue weighted by Crippen LogP contribution is -2.41. The number of aliphatic hydroxyl groups is 1. The zero-order valence-corrected chi connectivity index (χ0v) is 12.0. The first-order valence-electron chi connectivity index (χ1n) is 7.06. The maximum atomic E-state index is 11.2. The molecular formula is C15H22N2O3. The Labute approximate surface area is 119 Å². The number of aromatic nitrogens is 1. The van der Waals surface area contributed by atoms with E-state index in [0.717, 1.165) is 31.4 Å². The van der Waals surface area contributed by atoms with Gasteiger partial charge in [0.15, 0.2) is 0 Å². The third kappa shape index (κ3) is 3.48. The Morgan fingerprint density at radius 3 is 3.00 bits per heavy atom. The van der Waals surface area contributed by atoms with Crippen LogP contribution in [0.1, 0.15) is 48.7 Å². The van der Waals surface area contributed by atoms with Crippen LogP contribution in [0.5, 0.6) is 0 Å². The van der Waals surface area contributed by atoms with E-state index < -0.39 is 11.6 Å². The minimum absolute atomic E-state index is 0.142. The quantitative estimate of drug-likeness (QED) is 0.788. The van der Waals surface area contributed by atoms with Crippen LogP contribution in [-0.2, 0) is 0 Å². The normalized spacial score (nSPS) is 26.2. The number of hydrogen-bond acceptors (Lipinski definition) is 4. The van der Waals surface area contributed by atoms with Gasteiger partial charge in [-0.2, -0.15) is 0 Å². The van der Waals surface area contributed by atoms with Gasteiger partial charge in [0.05, 0.1) is 11.3 Å². The molecule has 1 heterocycles. The molecule has 1 saturated carbocycles. The third-order valence-electron chi connectivity index (χ3n) is 3.95. The SMILES string of the molecule is Cc1cc(NCC2(O)CCCC(C)C2)c(C(=O)O)cn1. The number of anilines is 1. The van der Waals surface area contributed by atoms with E-state index in [4.69, 9.17) is 5.11 Å². The van der Waals surface area contributed by atoms with Crippen molar-refractivity contribution in [2.45, 2.75) is 45.1 Å². The standard InChI is InChI=1S/C15H22N2O3/c1-10-4-3-5-15(20,7-10)9-17-13-6-11(2)16-8-12(13)14(18)19/h6,8,10,20H,3-5,7,9H2,1-2H3,(H,16,17)(H,18,19). The van der Waals surface area contributed by atoms with E-state index in [1.54, 1.807) is 6.07 Å². The van der Waals surface area contributed by atoms with Crippen LogP contribution in [0.2, 0.25) is 0 Å². The van der Waals surface area contributed by atoms with Crippen LogP contribution < -0.4 is 5.32 Å². The summed E-state index contributed by atoms with van der Waals surface area (Å²) in [6.45, 7) is 4.33. The summed E-state index contributed by atoms with van der Waals surface area (Å²) < 4.78 is 0. The van der Waals surface area contributed by atoms with E-state index in [-0.39, 0.29) is 5.56 Å². The molecule has 20 heavy (non-hydrogen) atoms. The summed E-state index contributed by atoms with van der Waals surface area (Å²) in [6, 6.07) is 1.71. The maximum absolute atomic E-state index is 11.2. The van der Waals surface area contributed by atoms with E-state index in [1.807, 2.05) is 6.92 Å². The Morgan fingerprint density at radius 2 is 2.35 bits per heavy atom. The molecule has 0 aliphatic heterocycles. The molecule has 1 aromatic heterocycles. The Kier molecular flexibility index (Phi) is 4.28. The van der Waals surface area contributed by atoms with Gasteiger partial charge in [0.25, 0.3) is 0 Å². The maximum Gasteiger partial charge on any atom is 0.339 e. The minimum atomic E-state index is -1.01. The fourth-order valence-corrected chi connectivity index (χ4v) is 2.93. The second-order valence-electron chi connectivity index (χ2n) is 5.96. The molecule has 1 aromatic rings. The Morgan fingerprint density at radius 1 is 1.60 bits per heavy atom. The van der Waals surface area contributed by atoms with Crippen molar-refractivity contribution < 1.29 is 15.0 Å². The summed E-state index contributed by atoms with van der Waals surface area (Å²) in [7, 11) is 0. The van der Waals surface area contributed by atoms with Crippen molar-refractivity contribution in [1.82, 2.24) is 4.98 Å². The molecule has 0 spiro atoms. The van der Waals surface area contributed by atoms with E-state index in [2.05, 4.69) is 17.2 Å². The molecule has 2 unspecified atom stereocenters. The number of pyridine rings is 1. The second kappa shape index (κ2) is 5.79. The summed E-state index contributed by atoms with van der Waals surface area (Å²) in [5.41, 5.74) is 0.672. The van der Waals surface area contributed by atoms with Crippen LogP contribution in [0.15, 0.2) is 12.3 Å². The lowest BCUT2D eigenvalue weighted by Gasteiger charge is -2.36. The summed E-state index contributed by atoms with van der Waals surface area (Å²) in [5, 5.41) is 22.8. The number of carbonyl (C=O) groups is 1. The second-order valence-corrected chi connectivity index (χ2v) is 5.96. The predicted molar refractivity (Wildman–Crippen MR) is 77.0 cm³/mol. The molecule has 0 radical (unpaired) electrons. The summed E-state index contributed by atoms with van der Waals surface area (Å²) in [4.78, 5) is 15.2. The number of hydrogen-bond donors (Lipinski definition) is 3. The van der Waals surface area contributed by atoms with Gasteiger partial charge in [-0.15, -0.1) is 0 Å². The van der Waals surface area contributed by atoms with Crippen LogP contribution in [0.3, 0.4) is 0 Å². The van der Waals surface area contributed by atoms with Crippen molar-refractivity contribution in [1.29, 1.82) is 0 Å². The summed E-state index contributed by atoms with van der Waals surface area (Å²) >= 11 is 0. The van der Waals surface area contributed by atoms with Crippen molar-refractivity contribution in [3.05, 3.63) is 23.5 Å². The molecule has 1 fully saturated rings. The molecule has 0 aromatic carbocycles. The van der Waals surface area contributed by atoms with Gasteiger partial charge in [-0.1, -0.05) is 19.8 Å². The molecule has 3 N–H and O–H groups in total. The Balaban J connectivity index is 2.10. The molecule has 5 heteroatoms. The third-order valence-corrected chi connectivity index (χ3v) is 3.95. The molecule has 0 saturated heterocycles. The lowest BCUT2D eigenvalue weighted by molar-refractivity contribution is -0.000812. The van der Waals surface area contributed by atoms with E-state index in [1.165, 1.54) is 6.20 Å². The molecule has 2 atom stereocenters. The molecular weight excluding hydrogens is 256 g/mol. The van der Waals surface area contributed by atoms with Crippen molar-refractivity contribution in [2.24, 2.45) is 5.92 Å². The van der Waals surface area contributed by atoms with Gasteiger partial charge in [-0.25, -0.2) is 4.79 Å². The smallest absolute Gasteiger partial charge is 0.339 e. The largest absolute Gasteiger partial charge is 0.478 e. The number of carboxylic acid groups (broad SMARTS) is 1. The summed E-state index contributed by atoms with van der Waals surface area (Å²) in [6.07, 6.45) is 5.04. The number of aromatic carboxylic acids is 1. The van der Waals surface area contributed by atoms with Crippen molar-refractivity contribution in [3.8, 4) is 0 Å². The highest BCUT2D eigenvalue weighted by atomic mass is 16.4. The van der Waals surface area contributed by atoms with Gasteiger partial charge in [0, 0.05) is 18.4 Å². The molecule has 0 bridgehead atoms. The first kappa shape index (κ1) is 14.8. The van der Waals surface area contributed by atoms with Gasteiger partial charge >= 0.3 is 5.97 Å². The highest BCUT2D eigenvalue weighted by molar-refractivity contribution is 5.93. The lowest BCUT2D eigenvalue weighted by atomic mass is 9.79. The van der Waals surface area contributed by atoms with E-state index in [9.17, 15) is 9.90 Å². The topological polar surface area (TPSA) is 82.5 Å². The zero-order valence-electron chi connectivity index (χ0n) is 12.0. The van der Waals surface area contributed by atoms with Gasteiger partial charge in [0.2, 0.25) is 0 Å². The van der Waals surface area contributed by atoms with Gasteiger partial charge < -0.3 is 15.5 Å².